The third-order valence-corrected chi connectivity index (χ3v) is 6.81. The van der Waals surface area contributed by atoms with Gasteiger partial charge in [0.25, 0.3) is 0 Å². The Bertz CT molecular complexity index is 934. The lowest BCUT2D eigenvalue weighted by Crippen LogP contribution is -2.30. The van der Waals surface area contributed by atoms with Gasteiger partial charge in [-0.3, -0.25) is 0 Å². The molecule has 1 heterocycles. The maximum atomic E-state index is 12.9. The molecule has 3 aromatic rings. The first-order valence-corrected chi connectivity index (χ1v) is 9.87. The molecule has 0 unspecified atom stereocenters. The van der Waals surface area contributed by atoms with Crippen LogP contribution in [0, 0.1) is 0 Å². The van der Waals surface area contributed by atoms with Crippen LogP contribution in [0.1, 0.15) is 11.8 Å². The topological polar surface area (TPSA) is 37.4 Å². The fourth-order valence-electron chi connectivity index (χ4n) is 2.45. The van der Waals surface area contributed by atoms with E-state index >= 15 is 0 Å². The van der Waals surface area contributed by atoms with Crippen LogP contribution in [-0.4, -0.2) is 19.3 Å². The molecule has 1 aromatic heterocycles. The molecule has 3 rings (SSSR count). The van der Waals surface area contributed by atoms with Crippen LogP contribution in [0.25, 0.3) is 10.8 Å². The van der Waals surface area contributed by atoms with E-state index in [0.29, 0.717) is 22.3 Å². The van der Waals surface area contributed by atoms with E-state index < -0.39 is 10.0 Å². The summed E-state index contributed by atoms with van der Waals surface area (Å²) in [7, 11) is -3.53. The van der Waals surface area contributed by atoms with E-state index in [2.05, 4.69) is 0 Å². The smallest absolute Gasteiger partial charge is 0.207 e. The zero-order chi connectivity index (χ0) is 16.4. The predicted octanol–water partition coefficient (Wildman–Crippen LogP) is 4.77. The minimum atomic E-state index is -3.53. The van der Waals surface area contributed by atoms with Gasteiger partial charge in [-0.2, -0.15) is 4.31 Å². The van der Waals surface area contributed by atoms with Gasteiger partial charge in [-0.25, -0.2) is 8.42 Å². The summed E-state index contributed by atoms with van der Waals surface area (Å²) in [4.78, 5) is 1.25. The summed E-state index contributed by atoms with van der Waals surface area (Å²) in [5, 5.41) is 1.95. The quantitative estimate of drug-likeness (QED) is 0.653. The van der Waals surface area contributed by atoms with E-state index in [1.807, 2.05) is 43.3 Å². The second-order valence-corrected chi connectivity index (χ2v) is 8.88. The van der Waals surface area contributed by atoms with Crippen molar-refractivity contribution in [3.8, 4) is 0 Å². The summed E-state index contributed by atoms with van der Waals surface area (Å²) in [5.41, 5.74) is 0. The van der Waals surface area contributed by atoms with E-state index in [-0.39, 0.29) is 0 Å². The average molecular weight is 366 g/mol. The van der Waals surface area contributed by atoms with Gasteiger partial charge in [0.1, 0.15) is 0 Å². The first-order chi connectivity index (χ1) is 11.0. The Kier molecular flexibility index (Phi) is 4.73. The fourth-order valence-corrected chi connectivity index (χ4v) is 5.10. The molecule has 23 heavy (non-hydrogen) atoms. The van der Waals surface area contributed by atoms with Gasteiger partial charge in [-0.1, -0.05) is 48.9 Å². The van der Waals surface area contributed by atoms with Crippen molar-refractivity contribution in [1.82, 2.24) is 4.31 Å². The van der Waals surface area contributed by atoms with Crippen molar-refractivity contribution in [3.63, 3.8) is 0 Å². The van der Waals surface area contributed by atoms with Crippen LogP contribution in [0.4, 0.5) is 0 Å². The Hall–Kier alpha value is -1.40. The van der Waals surface area contributed by atoms with Crippen LogP contribution >= 0.6 is 22.9 Å². The molecular formula is C17H16ClNO2S2. The lowest BCUT2D eigenvalue weighted by atomic mass is 10.1. The summed E-state index contributed by atoms with van der Waals surface area (Å²) in [6.07, 6.45) is 0. The second-order valence-electron chi connectivity index (χ2n) is 5.15. The Balaban J connectivity index is 1.96. The summed E-state index contributed by atoms with van der Waals surface area (Å²) < 4.78 is 28.0. The van der Waals surface area contributed by atoms with Crippen LogP contribution < -0.4 is 0 Å². The third-order valence-electron chi connectivity index (χ3n) is 3.67. The molecule has 0 atom stereocenters. The van der Waals surface area contributed by atoms with Gasteiger partial charge in [0.15, 0.2) is 0 Å². The van der Waals surface area contributed by atoms with Gasteiger partial charge in [-0.15, -0.1) is 11.3 Å². The van der Waals surface area contributed by atoms with Crippen molar-refractivity contribution in [2.24, 2.45) is 0 Å². The zero-order valence-corrected chi connectivity index (χ0v) is 15.0. The third kappa shape index (κ3) is 3.43. The minimum absolute atomic E-state index is 0.320. The second kappa shape index (κ2) is 6.61. The first kappa shape index (κ1) is 16.5. The molecule has 120 valence electrons. The van der Waals surface area contributed by atoms with Crippen LogP contribution in [-0.2, 0) is 16.6 Å². The Morgan fingerprint density at radius 3 is 2.43 bits per heavy atom. The first-order valence-electron chi connectivity index (χ1n) is 7.24. The average Bonchev–Trinajstić information content (AvgIpc) is 2.97. The van der Waals surface area contributed by atoms with Gasteiger partial charge in [0.2, 0.25) is 10.0 Å². The highest BCUT2D eigenvalue weighted by molar-refractivity contribution is 7.89. The molecule has 0 spiro atoms. The molecule has 0 bridgehead atoms. The number of fused-ring (bicyclic) bond motifs is 1. The molecule has 0 aliphatic rings. The number of hydrogen-bond acceptors (Lipinski definition) is 3. The maximum Gasteiger partial charge on any atom is 0.243 e. The van der Waals surface area contributed by atoms with Gasteiger partial charge in [-0.05, 0) is 35.0 Å². The molecule has 0 saturated heterocycles. The molecule has 6 heteroatoms. The highest BCUT2D eigenvalue weighted by atomic mass is 35.5. The van der Waals surface area contributed by atoms with E-state index in [1.54, 1.807) is 18.2 Å². The highest BCUT2D eigenvalue weighted by Gasteiger charge is 2.24. The normalized spacial score (nSPS) is 12.1. The molecule has 0 fully saturated rings. The van der Waals surface area contributed by atoms with Crippen LogP contribution in [0.3, 0.4) is 0 Å². The monoisotopic (exact) mass is 365 g/mol. The standard InChI is InChI=1S/C17H16ClNO2S2/c1-2-19(12-15-8-10-17(18)22-15)23(20,21)16-9-7-13-5-3-4-6-14(13)11-16/h3-11H,2,12H2,1H3. The molecular weight excluding hydrogens is 350 g/mol. The lowest BCUT2D eigenvalue weighted by Gasteiger charge is -2.20. The largest absolute Gasteiger partial charge is 0.243 e. The van der Waals surface area contributed by atoms with E-state index in [0.717, 1.165) is 15.6 Å². The number of thiophene rings is 1. The van der Waals surface area contributed by atoms with Crippen molar-refractivity contribution in [3.05, 3.63) is 63.8 Å². The number of halogens is 1. The predicted molar refractivity (Wildman–Crippen MR) is 96.5 cm³/mol. The van der Waals surface area contributed by atoms with Gasteiger partial charge < -0.3 is 0 Å². The molecule has 0 aliphatic carbocycles. The molecule has 0 saturated carbocycles. The number of nitrogens with zero attached hydrogens (tertiary/aromatic N) is 1. The molecule has 0 N–H and O–H groups in total. The molecule has 0 amide bonds. The summed E-state index contributed by atoms with van der Waals surface area (Å²) in [5.74, 6) is 0. The number of sulfonamides is 1. The molecule has 2 aromatic carbocycles. The SMILES string of the molecule is CCN(Cc1ccc(Cl)s1)S(=O)(=O)c1ccc2ccccc2c1. The van der Waals surface area contributed by atoms with Crippen LogP contribution in [0.2, 0.25) is 4.34 Å². The summed E-state index contributed by atoms with van der Waals surface area (Å²) in [6, 6.07) is 16.6. The highest BCUT2D eigenvalue weighted by Crippen LogP contribution is 2.26. The van der Waals surface area contributed by atoms with E-state index in [1.165, 1.54) is 15.6 Å². The van der Waals surface area contributed by atoms with Crippen molar-refractivity contribution < 1.29 is 8.42 Å². The van der Waals surface area contributed by atoms with Crippen LogP contribution in [0.5, 0.6) is 0 Å². The van der Waals surface area contributed by atoms with Crippen molar-refractivity contribution >= 4 is 43.7 Å². The van der Waals surface area contributed by atoms with Gasteiger partial charge in [0.05, 0.1) is 9.23 Å². The van der Waals surface area contributed by atoms with Crippen molar-refractivity contribution in [2.45, 2.75) is 18.4 Å². The Labute approximate surface area is 145 Å². The fraction of sp³-hybridized carbons (Fsp3) is 0.176. The lowest BCUT2D eigenvalue weighted by molar-refractivity contribution is 0.426. The van der Waals surface area contributed by atoms with E-state index in [4.69, 9.17) is 11.6 Å². The summed E-state index contributed by atoms with van der Waals surface area (Å²) >= 11 is 7.34. The molecule has 0 radical (unpaired) electrons. The van der Waals surface area contributed by atoms with E-state index in [9.17, 15) is 8.42 Å². The number of hydrogen-bond donors (Lipinski definition) is 0. The van der Waals surface area contributed by atoms with Gasteiger partial charge >= 0.3 is 0 Å². The Morgan fingerprint density at radius 2 is 1.78 bits per heavy atom. The molecule has 3 nitrogen and oxygen atoms in total. The maximum absolute atomic E-state index is 12.9. The zero-order valence-electron chi connectivity index (χ0n) is 12.6. The van der Waals surface area contributed by atoms with Crippen molar-refractivity contribution in [2.75, 3.05) is 6.54 Å². The summed E-state index contributed by atoms with van der Waals surface area (Å²) in [6.45, 7) is 2.58. The number of benzene rings is 2. The number of rotatable bonds is 5. The van der Waals surface area contributed by atoms with Gasteiger partial charge in [0, 0.05) is 18.0 Å². The molecule has 0 aliphatic heterocycles. The van der Waals surface area contributed by atoms with Crippen molar-refractivity contribution in [1.29, 1.82) is 0 Å². The Morgan fingerprint density at radius 1 is 1.04 bits per heavy atom. The van der Waals surface area contributed by atoms with Crippen LogP contribution in [0.15, 0.2) is 59.5 Å². The minimum Gasteiger partial charge on any atom is -0.207 e.